The van der Waals surface area contributed by atoms with Gasteiger partial charge in [0.25, 0.3) is 0 Å². The number of urea groups is 1. The molecule has 2 atom stereocenters. The minimum Gasteiger partial charge on any atom is -0.480 e. The Bertz CT molecular complexity index is 321. The van der Waals surface area contributed by atoms with Crippen LogP contribution >= 0.6 is 0 Å². The molecule has 0 aromatic rings. The van der Waals surface area contributed by atoms with E-state index >= 15 is 0 Å². The molecule has 1 heterocycles. The van der Waals surface area contributed by atoms with Crippen LogP contribution in [0.25, 0.3) is 0 Å². The van der Waals surface area contributed by atoms with E-state index in [4.69, 9.17) is 5.11 Å². The predicted molar refractivity (Wildman–Crippen MR) is 74.1 cm³/mol. The largest absolute Gasteiger partial charge is 0.480 e. The summed E-state index contributed by atoms with van der Waals surface area (Å²) in [6.07, 6.45) is 3.13. The van der Waals surface area contributed by atoms with Gasteiger partial charge in [-0.05, 0) is 39.0 Å². The summed E-state index contributed by atoms with van der Waals surface area (Å²) in [6.45, 7) is 8.34. The normalized spacial score (nSPS) is 23.5. The molecule has 1 fully saturated rings. The number of amides is 2. The van der Waals surface area contributed by atoms with Crippen molar-refractivity contribution in [1.82, 2.24) is 9.80 Å². The third-order valence-corrected chi connectivity index (χ3v) is 3.60. The molecule has 5 heteroatoms. The Labute approximate surface area is 115 Å². The number of hydrogen-bond donors (Lipinski definition) is 1. The number of carboxylic acid groups (broad SMARTS) is 1. The molecule has 0 unspecified atom stereocenters. The van der Waals surface area contributed by atoms with Gasteiger partial charge in [-0.15, -0.1) is 0 Å². The molecule has 110 valence electrons. The van der Waals surface area contributed by atoms with Gasteiger partial charge in [0.1, 0.15) is 6.54 Å². The second kappa shape index (κ2) is 6.78. The number of carbonyl (C=O) groups is 2. The van der Waals surface area contributed by atoms with E-state index in [1.165, 1.54) is 4.90 Å². The minimum atomic E-state index is -0.952. The van der Waals surface area contributed by atoms with Crippen molar-refractivity contribution in [2.24, 2.45) is 5.92 Å². The van der Waals surface area contributed by atoms with Gasteiger partial charge >= 0.3 is 12.0 Å². The molecule has 0 aromatic carbocycles. The molecular formula is C14H26N2O3. The fourth-order valence-electron chi connectivity index (χ4n) is 2.78. The highest BCUT2D eigenvalue weighted by Gasteiger charge is 2.32. The van der Waals surface area contributed by atoms with Crippen molar-refractivity contribution in [2.75, 3.05) is 13.1 Å². The second-order valence-electron chi connectivity index (χ2n) is 5.99. The number of aliphatic carboxylic acids is 1. The summed E-state index contributed by atoms with van der Waals surface area (Å²) >= 11 is 0. The predicted octanol–water partition coefficient (Wildman–Crippen LogP) is 2.41. The van der Waals surface area contributed by atoms with Crippen molar-refractivity contribution in [3.63, 3.8) is 0 Å². The lowest BCUT2D eigenvalue weighted by atomic mass is 9.98. The first-order chi connectivity index (χ1) is 8.82. The van der Waals surface area contributed by atoms with Crippen molar-refractivity contribution < 1.29 is 14.7 Å². The lowest BCUT2D eigenvalue weighted by Crippen LogP contribution is -2.54. The molecule has 1 aliphatic heterocycles. The zero-order valence-electron chi connectivity index (χ0n) is 12.4. The topological polar surface area (TPSA) is 60.9 Å². The third kappa shape index (κ3) is 4.40. The van der Waals surface area contributed by atoms with Gasteiger partial charge in [0.15, 0.2) is 0 Å². The zero-order valence-corrected chi connectivity index (χ0v) is 12.4. The summed E-state index contributed by atoms with van der Waals surface area (Å²) < 4.78 is 0. The molecule has 2 amide bonds. The SMILES string of the molecule is CC(C)CN(CC(=O)O)C(=O)N1[C@H](C)CCC[C@@H]1C. The Morgan fingerprint density at radius 3 is 2.21 bits per heavy atom. The summed E-state index contributed by atoms with van der Waals surface area (Å²) in [5.41, 5.74) is 0. The first-order valence-corrected chi connectivity index (χ1v) is 7.12. The van der Waals surface area contributed by atoms with Gasteiger partial charge in [0.2, 0.25) is 0 Å². The Morgan fingerprint density at radius 2 is 1.79 bits per heavy atom. The number of carbonyl (C=O) groups excluding carboxylic acids is 1. The quantitative estimate of drug-likeness (QED) is 0.853. The summed E-state index contributed by atoms with van der Waals surface area (Å²) in [5, 5.41) is 8.96. The standard InChI is InChI=1S/C14H26N2O3/c1-10(2)8-15(9-13(17)18)14(19)16-11(3)6-5-7-12(16)4/h10-12H,5-9H2,1-4H3,(H,17,18)/t11-,12+. The molecule has 0 bridgehead atoms. The first-order valence-electron chi connectivity index (χ1n) is 7.12. The van der Waals surface area contributed by atoms with Crippen LogP contribution in [-0.2, 0) is 4.79 Å². The van der Waals surface area contributed by atoms with E-state index in [1.807, 2.05) is 32.6 Å². The maximum absolute atomic E-state index is 12.6. The molecule has 0 aliphatic carbocycles. The zero-order chi connectivity index (χ0) is 14.6. The molecule has 0 spiro atoms. The maximum atomic E-state index is 12.6. The van der Waals surface area contributed by atoms with Crippen LogP contribution < -0.4 is 0 Å². The van der Waals surface area contributed by atoms with Crippen molar-refractivity contribution in [3.8, 4) is 0 Å². The average Bonchev–Trinajstić information content (AvgIpc) is 2.26. The molecule has 19 heavy (non-hydrogen) atoms. The van der Waals surface area contributed by atoms with Crippen LogP contribution in [0.5, 0.6) is 0 Å². The van der Waals surface area contributed by atoms with Gasteiger partial charge in [-0.2, -0.15) is 0 Å². The molecule has 1 N–H and O–H groups in total. The number of carboxylic acids is 1. The van der Waals surface area contributed by atoms with Crippen LogP contribution in [0.3, 0.4) is 0 Å². The fourth-order valence-corrected chi connectivity index (χ4v) is 2.78. The highest BCUT2D eigenvalue weighted by atomic mass is 16.4. The lowest BCUT2D eigenvalue weighted by Gasteiger charge is -2.41. The first kappa shape index (κ1) is 15.8. The van der Waals surface area contributed by atoms with E-state index in [2.05, 4.69) is 0 Å². The van der Waals surface area contributed by atoms with Crippen LogP contribution in [-0.4, -0.2) is 52.1 Å². The molecule has 1 rings (SSSR count). The van der Waals surface area contributed by atoms with Gasteiger partial charge in [0, 0.05) is 18.6 Å². The number of rotatable bonds is 4. The number of likely N-dealkylation sites (tertiary alicyclic amines) is 1. The number of nitrogens with zero attached hydrogens (tertiary/aromatic N) is 2. The monoisotopic (exact) mass is 270 g/mol. The van der Waals surface area contributed by atoms with E-state index in [0.29, 0.717) is 6.54 Å². The number of hydrogen-bond acceptors (Lipinski definition) is 2. The van der Waals surface area contributed by atoms with E-state index < -0.39 is 5.97 Å². The van der Waals surface area contributed by atoms with E-state index in [1.54, 1.807) is 0 Å². The van der Waals surface area contributed by atoms with E-state index in [9.17, 15) is 9.59 Å². The molecular weight excluding hydrogens is 244 g/mol. The summed E-state index contributed by atoms with van der Waals surface area (Å²) in [5.74, 6) is -0.690. The van der Waals surface area contributed by atoms with Crippen molar-refractivity contribution in [3.05, 3.63) is 0 Å². The van der Waals surface area contributed by atoms with Crippen molar-refractivity contribution in [2.45, 2.75) is 59.0 Å². The highest BCUT2D eigenvalue weighted by Crippen LogP contribution is 2.24. The molecule has 5 nitrogen and oxygen atoms in total. The molecule has 1 aliphatic rings. The van der Waals surface area contributed by atoms with Crippen molar-refractivity contribution >= 4 is 12.0 Å². The summed E-state index contributed by atoms with van der Waals surface area (Å²) in [4.78, 5) is 26.8. The van der Waals surface area contributed by atoms with Gasteiger partial charge in [-0.3, -0.25) is 4.79 Å². The fraction of sp³-hybridized carbons (Fsp3) is 0.857. The van der Waals surface area contributed by atoms with Crippen molar-refractivity contribution in [1.29, 1.82) is 0 Å². The Hall–Kier alpha value is -1.26. The summed E-state index contributed by atoms with van der Waals surface area (Å²) in [6, 6.07) is 0.259. The third-order valence-electron chi connectivity index (χ3n) is 3.60. The van der Waals surface area contributed by atoms with Crippen LogP contribution in [0.15, 0.2) is 0 Å². The maximum Gasteiger partial charge on any atom is 0.323 e. The Morgan fingerprint density at radius 1 is 1.26 bits per heavy atom. The van der Waals surface area contributed by atoms with Crippen LogP contribution in [0.2, 0.25) is 0 Å². The van der Waals surface area contributed by atoms with E-state index in [0.717, 1.165) is 19.3 Å². The average molecular weight is 270 g/mol. The highest BCUT2D eigenvalue weighted by molar-refractivity contribution is 5.80. The second-order valence-corrected chi connectivity index (χ2v) is 5.99. The Balaban J connectivity index is 2.81. The lowest BCUT2D eigenvalue weighted by molar-refractivity contribution is -0.138. The van der Waals surface area contributed by atoms with E-state index in [-0.39, 0.29) is 30.6 Å². The smallest absolute Gasteiger partial charge is 0.323 e. The minimum absolute atomic E-state index is 0.129. The van der Waals surface area contributed by atoms with Gasteiger partial charge in [-0.25, -0.2) is 4.79 Å². The van der Waals surface area contributed by atoms with Gasteiger partial charge in [0.05, 0.1) is 0 Å². The van der Waals surface area contributed by atoms with Gasteiger partial charge < -0.3 is 14.9 Å². The van der Waals surface area contributed by atoms with Gasteiger partial charge in [-0.1, -0.05) is 13.8 Å². The molecule has 0 radical (unpaired) electrons. The molecule has 0 aromatic heterocycles. The number of piperidine rings is 1. The Kier molecular flexibility index (Phi) is 5.63. The summed E-state index contributed by atoms with van der Waals surface area (Å²) in [7, 11) is 0. The van der Waals surface area contributed by atoms with Crippen LogP contribution in [0.4, 0.5) is 4.79 Å². The molecule has 0 saturated carbocycles. The molecule has 1 saturated heterocycles. The van der Waals surface area contributed by atoms with Crippen LogP contribution in [0, 0.1) is 5.92 Å². The van der Waals surface area contributed by atoms with Crippen LogP contribution in [0.1, 0.15) is 47.0 Å².